The fraction of sp³-hybridized carbons (Fsp3) is 0.929. The Morgan fingerprint density at radius 3 is 1.91 bits per heavy atom. The molecular formula is C14H24Cl3NO5. The topological polar surface area (TPSA) is 70.0 Å². The van der Waals surface area contributed by atoms with Gasteiger partial charge in [-0.05, 0) is 27.7 Å². The van der Waals surface area contributed by atoms with Gasteiger partial charge in [-0.15, -0.1) is 0 Å². The van der Waals surface area contributed by atoms with Crippen LogP contribution in [0, 0.1) is 5.41 Å². The molecule has 1 N–H and O–H groups in total. The first-order valence-electron chi connectivity index (χ1n) is 7.58. The first-order valence-corrected chi connectivity index (χ1v) is 8.72. The lowest BCUT2D eigenvalue weighted by Gasteiger charge is -2.44. The molecule has 0 aromatic heterocycles. The second-order valence-electron chi connectivity index (χ2n) is 4.91. The van der Waals surface area contributed by atoms with Crippen molar-refractivity contribution in [1.82, 2.24) is 0 Å². The summed E-state index contributed by atoms with van der Waals surface area (Å²) in [6.07, 6.45) is -2.62. The average Bonchev–Trinajstić information content (AvgIpc) is 2.45. The van der Waals surface area contributed by atoms with Crippen LogP contribution in [0.1, 0.15) is 27.7 Å². The smallest absolute Gasteiger partial charge is 0.265 e. The summed E-state index contributed by atoms with van der Waals surface area (Å²) < 4.78 is 26.5. The number of halogens is 3. The van der Waals surface area contributed by atoms with Gasteiger partial charge in [0.25, 0.3) is 3.79 Å². The molecule has 6 nitrogen and oxygen atoms in total. The molecule has 0 aromatic rings. The van der Waals surface area contributed by atoms with Gasteiger partial charge in [-0.3, -0.25) is 5.41 Å². The van der Waals surface area contributed by atoms with E-state index in [1.54, 1.807) is 0 Å². The van der Waals surface area contributed by atoms with E-state index in [0.717, 1.165) is 0 Å². The van der Waals surface area contributed by atoms with Crippen LogP contribution >= 0.6 is 34.8 Å². The van der Waals surface area contributed by atoms with Crippen molar-refractivity contribution in [2.45, 2.75) is 62.2 Å². The highest BCUT2D eigenvalue weighted by Crippen LogP contribution is 2.33. The van der Waals surface area contributed by atoms with Crippen LogP contribution in [0.5, 0.6) is 0 Å². The van der Waals surface area contributed by atoms with Crippen LogP contribution in [0.2, 0.25) is 0 Å². The molecule has 9 heteroatoms. The maximum absolute atomic E-state index is 7.74. The quantitative estimate of drug-likeness (QED) is 0.409. The van der Waals surface area contributed by atoms with E-state index in [1.807, 2.05) is 27.7 Å². The maximum Gasteiger partial charge on any atom is 0.265 e. The normalized spacial score (nSPS) is 31.9. The molecule has 0 saturated carbocycles. The van der Waals surface area contributed by atoms with Crippen molar-refractivity contribution in [3.8, 4) is 0 Å². The first-order chi connectivity index (χ1) is 10.8. The number of nitrogens with one attached hydrogen (secondary N) is 1. The molecule has 0 aromatic carbocycles. The largest absolute Gasteiger partial charge is 0.445 e. The molecule has 1 aliphatic heterocycles. The Morgan fingerprint density at radius 2 is 1.43 bits per heavy atom. The highest BCUT2D eigenvalue weighted by Gasteiger charge is 2.48. The highest BCUT2D eigenvalue weighted by atomic mass is 35.6. The van der Waals surface area contributed by atoms with Gasteiger partial charge in [0.15, 0.2) is 0 Å². The van der Waals surface area contributed by atoms with Crippen molar-refractivity contribution in [2.24, 2.45) is 0 Å². The van der Waals surface area contributed by atoms with Crippen LogP contribution in [0.25, 0.3) is 0 Å². The summed E-state index contributed by atoms with van der Waals surface area (Å²) in [7, 11) is 0. The molecule has 1 saturated heterocycles. The van der Waals surface area contributed by atoms with Gasteiger partial charge in [0.2, 0.25) is 12.2 Å². The second-order valence-corrected chi connectivity index (χ2v) is 7.20. The van der Waals surface area contributed by atoms with Crippen LogP contribution in [0.3, 0.4) is 0 Å². The van der Waals surface area contributed by atoms with E-state index < -0.39 is 28.2 Å². The zero-order valence-corrected chi connectivity index (χ0v) is 16.0. The molecule has 1 heterocycles. The van der Waals surface area contributed by atoms with E-state index in [0.29, 0.717) is 19.8 Å². The van der Waals surface area contributed by atoms with Gasteiger partial charge in [0.05, 0.1) is 6.10 Å². The Labute approximate surface area is 152 Å². The van der Waals surface area contributed by atoms with E-state index in [1.165, 1.54) is 0 Å². The molecule has 1 fully saturated rings. The molecule has 0 unspecified atom stereocenters. The van der Waals surface area contributed by atoms with E-state index in [2.05, 4.69) is 0 Å². The van der Waals surface area contributed by atoms with Crippen LogP contribution < -0.4 is 0 Å². The standard InChI is InChI=1S/C14H24Cl3NO5/c1-5-19-9-8(4)22-12(23-13(18)14(15,16)17)11(21-7-3)10(9)20-6-2/h8-12,18H,5-7H2,1-4H3/t8-,9-,10+,11+,12-/m0/s1. The Balaban J connectivity index is 2.98. The van der Waals surface area contributed by atoms with Crippen LogP contribution in [-0.2, 0) is 23.7 Å². The van der Waals surface area contributed by atoms with Gasteiger partial charge in [-0.1, -0.05) is 34.8 Å². The van der Waals surface area contributed by atoms with Gasteiger partial charge in [-0.2, -0.15) is 0 Å². The fourth-order valence-electron chi connectivity index (χ4n) is 2.42. The third kappa shape index (κ3) is 5.88. The van der Waals surface area contributed by atoms with Gasteiger partial charge in [-0.25, -0.2) is 0 Å². The molecular weight excluding hydrogens is 369 g/mol. The van der Waals surface area contributed by atoms with Crippen molar-refractivity contribution < 1.29 is 23.7 Å². The predicted molar refractivity (Wildman–Crippen MR) is 89.7 cm³/mol. The Morgan fingerprint density at radius 1 is 0.957 bits per heavy atom. The highest BCUT2D eigenvalue weighted by molar-refractivity contribution is 6.76. The van der Waals surface area contributed by atoms with Gasteiger partial charge in [0.1, 0.15) is 18.3 Å². The lowest BCUT2D eigenvalue weighted by molar-refractivity contribution is -0.296. The Kier molecular flexibility index (Phi) is 8.87. The fourth-order valence-corrected chi connectivity index (χ4v) is 2.56. The van der Waals surface area contributed by atoms with E-state index in [9.17, 15) is 0 Å². The molecule has 1 aliphatic rings. The predicted octanol–water partition coefficient (Wildman–Crippen LogP) is 3.31. The summed E-state index contributed by atoms with van der Waals surface area (Å²) in [5, 5.41) is 7.74. The number of ether oxygens (including phenoxy) is 5. The van der Waals surface area contributed by atoms with E-state index in [-0.39, 0.29) is 12.2 Å². The summed E-state index contributed by atoms with van der Waals surface area (Å²) in [5.74, 6) is -0.533. The molecule has 0 amide bonds. The zero-order chi connectivity index (χ0) is 17.6. The minimum Gasteiger partial charge on any atom is -0.445 e. The van der Waals surface area contributed by atoms with Crippen molar-refractivity contribution in [2.75, 3.05) is 19.8 Å². The summed E-state index contributed by atoms with van der Waals surface area (Å²) >= 11 is 17.0. The lowest BCUT2D eigenvalue weighted by Crippen LogP contribution is -2.60. The monoisotopic (exact) mass is 391 g/mol. The van der Waals surface area contributed by atoms with Crippen molar-refractivity contribution >= 4 is 40.7 Å². The van der Waals surface area contributed by atoms with E-state index >= 15 is 0 Å². The number of hydrogen-bond donors (Lipinski definition) is 1. The second kappa shape index (κ2) is 9.61. The minimum absolute atomic E-state index is 0.321. The molecule has 5 atom stereocenters. The third-order valence-electron chi connectivity index (χ3n) is 3.30. The van der Waals surface area contributed by atoms with Crippen LogP contribution in [0.15, 0.2) is 0 Å². The molecule has 0 aliphatic carbocycles. The van der Waals surface area contributed by atoms with Gasteiger partial charge in [0, 0.05) is 19.8 Å². The SMILES string of the molecule is CCO[C@@H]1[C@@H](OCC)[C@H](C)O[C@@H](OC(=N)C(Cl)(Cl)Cl)[C@@H]1OCC. The molecule has 0 radical (unpaired) electrons. The zero-order valence-electron chi connectivity index (χ0n) is 13.7. The van der Waals surface area contributed by atoms with Crippen molar-refractivity contribution in [1.29, 1.82) is 5.41 Å². The van der Waals surface area contributed by atoms with Gasteiger partial charge < -0.3 is 23.7 Å². The molecule has 23 heavy (non-hydrogen) atoms. The number of hydrogen-bond acceptors (Lipinski definition) is 6. The minimum atomic E-state index is -1.97. The third-order valence-corrected chi connectivity index (χ3v) is 3.81. The first kappa shape index (κ1) is 21.2. The molecule has 1 rings (SSSR count). The molecule has 136 valence electrons. The maximum atomic E-state index is 7.74. The van der Waals surface area contributed by atoms with Crippen molar-refractivity contribution in [3.63, 3.8) is 0 Å². The summed E-state index contributed by atoms with van der Waals surface area (Å²) in [5.41, 5.74) is 0. The van der Waals surface area contributed by atoms with Crippen LogP contribution in [0.4, 0.5) is 0 Å². The molecule has 0 bridgehead atoms. The number of rotatable bonds is 7. The average molecular weight is 393 g/mol. The van der Waals surface area contributed by atoms with Gasteiger partial charge >= 0.3 is 0 Å². The number of alkyl halides is 3. The van der Waals surface area contributed by atoms with Crippen molar-refractivity contribution in [3.05, 3.63) is 0 Å². The summed E-state index contributed by atoms with van der Waals surface area (Å²) in [6, 6.07) is 0. The summed E-state index contributed by atoms with van der Waals surface area (Å²) in [4.78, 5) is 0. The van der Waals surface area contributed by atoms with E-state index in [4.69, 9.17) is 63.9 Å². The Bertz CT molecular complexity index is 380. The Hall–Kier alpha value is 0.180. The van der Waals surface area contributed by atoms with Crippen LogP contribution in [-0.4, -0.2) is 60.2 Å². The molecule has 0 spiro atoms. The lowest BCUT2D eigenvalue weighted by atomic mass is 9.99. The summed E-state index contributed by atoms with van der Waals surface area (Å²) in [6.45, 7) is 8.84.